The molecule has 0 amide bonds. The van der Waals surface area contributed by atoms with Gasteiger partial charge in [-0.3, -0.25) is 9.36 Å². The van der Waals surface area contributed by atoms with Gasteiger partial charge in [0.2, 0.25) is 0 Å². The average Bonchev–Trinajstić information content (AvgIpc) is 2.40. The molecule has 1 aromatic carbocycles. The van der Waals surface area contributed by atoms with E-state index >= 15 is 0 Å². The first-order valence-electron chi connectivity index (χ1n) is 5.84. The van der Waals surface area contributed by atoms with Gasteiger partial charge in [-0.25, -0.2) is 4.79 Å². The molecule has 0 fully saturated rings. The Hall–Kier alpha value is -1.82. The lowest BCUT2D eigenvalue weighted by molar-refractivity contribution is 0.607. The number of hydrogen-bond donors (Lipinski definition) is 1. The summed E-state index contributed by atoms with van der Waals surface area (Å²) in [6, 6.07) is 9.10. The Morgan fingerprint density at radius 1 is 1.16 bits per heavy atom. The molecule has 0 aliphatic rings. The number of nitrogens with zero attached hydrogens (tertiary/aromatic N) is 2. The van der Waals surface area contributed by atoms with E-state index < -0.39 is 0 Å². The van der Waals surface area contributed by atoms with Crippen LogP contribution in [0.25, 0.3) is 0 Å². The molecule has 0 radical (unpaired) electrons. The van der Waals surface area contributed by atoms with Crippen molar-refractivity contribution in [3.63, 3.8) is 0 Å². The van der Waals surface area contributed by atoms with Crippen LogP contribution in [0, 0.1) is 0 Å². The second kappa shape index (κ2) is 5.88. The lowest BCUT2D eigenvalue weighted by Crippen LogP contribution is -2.39. The van der Waals surface area contributed by atoms with E-state index in [1.807, 2.05) is 24.3 Å². The highest BCUT2D eigenvalue weighted by Crippen LogP contribution is 2.13. The Kier molecular flexibility index (Phi) is 4.21. The van der Waals surface area contributed by atoms with Gasteiger partial charge in [0.25, 0.3) is 5.56 Å². The van der Waals surface area contributed by atoms with Crippen LogP contribution in [0.1, 0.15) is 0 Å². The van der Waals surface area contributed by atoms with Gasteiger partial charge in [-0.15, -0.1) is 0 Å². The van der Waals surface area contributed by atoms with Crippen LogP contribution < -0.4 is 16.6 Å². The molecule has 0 saturated carbocycles. The number of anilines is 1. The van der Waals surface area contributed by atoms with Crippen molar-refractivity contribution in [2.24, 2.45) is 7.05 Å². The van der Waals surface area contributed by atoms with Crippen LogP contribution >= 0.6 is 15.9 Å². The Morgan fingerprint density at radius 2 is 1.84 bits per heavy atom. The topological polar surface area (TPSA) is 56.0 Å². The number of halogens is 1. The minimum atomic E-state index is -0.301. The number of hydrogen-bond acceptors (Lipinski definition) is 3. The van der Waals surface area contributed by atoms with Crippen molar-refractivity contribution in [3.05, 3.63) is 61.8 Å². The van der Waals surface area contributed by atoms with Crippen molar-refractivity contribution >= 4 is 21.6 Å². The van der Waals surface area contributed by atoms with Crippen LogP contribution in [-0.4, -0.2) is 15.7 Å². The summed E-state index contributed by atoms with van der Waals surface area (Å²) in [6.07, 6.45) is 1.48. The van der Waals surface area contributed by atoms with E-state index in [0.29, 0.717) is 13.1 Å². The van der Waals surface area contributed by atoms with Crippen molar-refractivity contribution < 1.29 is 0 Å². The average molecular weight is 324 g/mol. The molecule has 0 spiro atoms. The minimum absolute atomic E-state index is 0.277. The van der Waals surface area contributed by atoms with E-state index in [0.717, 1.165) is 10.2 Å². The van der Waals surface area contributed by atoms with Crippen molar-refractivity contribution in [3.8, 4) is 0 Å². The normalized spacial score (nSPS) is 10.4. The molecule has 100 valence electrons. The first-order chi connectivity index (χ1) is 9.08. The fraction of sp³-hybridized carbons (Fsp3) is 0.231. The predicted molar refractivity (Wildman–Crippen MR) is 78.6 cm³/mol. The highest BCUT2D eigenvalue weighted by molar-refractivity contribution is 9.10. The van der Waals surface area contributed by atoms with Gasteiger partial charge in [0.1, 0.15) is 0 Å². The maximum absolute atomic E-state index is 11.8. The molecule has 0 aliphatic carbocycles. The van der Waals surface area contributed by atoms with Crippen LogP contribution in [0.15, 0.2) is 50.6 Å². The summed E-state index contributed by atoms with van der Waals surface area (Å²) in [7, 11) is 1.63. The fourth-order valence-corrected chi connectivity index (χ4v) is 1.96. The van der Waals surface area contributed by atoms with Crippen LogP contribution in [0.5, 0.6) is 0 Å². The maximum atomic E-state index is 11.8. The first kappa shape index (κ1) is 13.6. The quantitative estimate of drug-likeness (QED) is 0.925. The Balaban J connectivity index is 2.04. The highest BCUT2D eigenvalue weighted by atomic mass is 79.9. The lowest BCUT2D eigenvalue weighted by Gasteiger charge is -2.08. The molecular formula is C13H14BrN3O2. The van der Waals surface area contributed by atoms with Gasteiger partial charge in [0.05, 0.1) is 0 Å². The smallest absolute Gasteiger partial charge is 0.330 e. The molecule has 1 heterocycles. The molecule has 1 N–H and O–H groups in total. The minimum Gasteiger partial charge on any atom is -0.383 e. The summed E-state index contributed by atoms with van der Waals surface area (Å²) >= 11 is 3.36. The summed E-state index contributed by atoms with van der Waals surface area (Å²) in [6.45, 7) is 0.850. The molecule has 1 aromatic heterocycles. The monoisotopic (exact) mass is 323 g/mol. The zero-order valence-electron chi connectivity index (χ0n) is 10.5. The number of benzene rings is 1. The fourth-order valence-electron chi connectivity index (χ4n) is 1.70. The Morgan fingerprint density at radius 3 is 2.53 bits per heavy atom. The van der Waals surface area contributed by atoms with E-state index in [2.05, 4.69) is 21.2 Å². The number of rotatable bonds is 4. The molecule has 19 heavy (non-hydrogen) atoms. The number of aromatic nitrogens is 2. The molecule has 5 nitrogen and oxygen atoms in total. The van der Waals surface area contributed by atoms with Crippen LogP contribution in [0.2, 0.25) is 0 Å². The molecule has 0 aliphatic heterocycles. The molecule has 0 bridgehead atoms. The lowest BCUT2D eigenvalue weighted by atomic mass is 10.3. The third kappa shape index (κ3) is 3.35. The van der Waals surface area contributed by atoms with E-state index in [-0.39, 0.29) is 11.2 Å². The zero-order valence-corrected chi connectivity index (χ0v) is 12.1. The molecule has 0 saturated heterocycles. The largest absolute Gasteiger partial charge is 0.383 e. The summed E-state index contributed by atoms with van der Waals surface area (Å²) in [5.74, 6) is 0. The SMILES string of the molecule is Cn1ccc(=O)n(CCNc2ccc(Br)cc2)c1=O. The van der Waals surface area contributed by atoms with E-state index in [4.69, 9.17) is 0 Å². The summed E-state index contributed by atoms with van der Waals surface area (Å²) < 4.78 is 3.61. The first-order valence-corrected chi connectivity index (χ1v) is 6.63. The molecular weight excluding hydrogens is 310 g/mol. The van der Waals surface area contributed by atoms with Gasteiger partial charge in [-0.2, -0.15) is 0 Å². The Bertz CT molecular complexity index is 674. The van der Waals surface area contributed by atoms with Crippen molar-refractivity contribution in [1.29, 1.82) is 0 Å². The van der Waals surface area contributed by atoms with E-state index in [1.165, 1.54) is 21.4 Å². The second-order valence-corrected chi connectivity index (χ2v) is 5.05. The summed E-state index contributed by atoms with van der Waals surface area (Å²) in [4.78, 5) is 23.4. The van der Waals surface area contributed by atoms with Crippen LogP contribution in [0.3, 0.4) is 0 Å². The Labute approximate surface area is 118 Å². The van der Waals surface area contributed by atoms with Crippen molar-refractivity contribution in [2.75, 3.05) is 11.9 Å². The van der Waals surface area contributed by atoms with Crippen LogP contribution in [0.4, 0.5) is 5.69 Å². The highest BCUT2D eigenvalue weighted by Gasteiger charge is 2.02. The number of aryl methyl sites for hydroxylation is 1. The molecule has 2 aromatic rings. The molecule has 6 heteroatoms. The summed E-state index contributed by atoms with van der Waals surface area (Å²) in [5, 5.41) is 3.17. The van der Waals surface area contributed by atoms with E-state index in [9.17, 15) is 9.59 Å². The third-order valence-electron chi connectivity index (χ3n) is 2.75. The van der Waals surface area contributed by atoms with Gasteiger partial charge in [0.15, 0.2) is 0 Å². The van der Waals surface area contributed by atoms with Gasteiger partial charge >= 0.3 is 5.69 Å². The molecule has 0 unspecified atom stereocenters. The van der Waals surface area contributed by atoms with E-state index in [1.54, 1.807) is 7.05 Å². The van der Waals surface area contributed by atoms with Crippen LogP contribution in [-0.2, 0) is 13.6 Å². The van der Waals surface area contributed by atoms with Gasteiger partial charge in [-0.05, 0) is 24.3 Å². The van der Waals surface area contributed by atoms with Crippen molar-refractivity contribution in [2.45, 2.75) is 6.54 Å². The zero-order chi connectivity index (χ0) is 13.8. The maximum Gasteiger partial charge on any atom is 0.330 e. The van der Waals surface area contributed by atoms with Gasteiger partial charge in [-0.1, -0.05) is 15.9 Å². The summed E-state index contributed by atoms with van der Waals surface area (Å²) in [5.41, 5.74) is 0.370. The number of nitrogens with one attached hydrogen (secondary N) is 1. The predicted octanol–water partition coefficient (Wildman–Crippen LogP) is 1.42. The van der Waals surface area contributed by atoms with Gasteiger partial charge in [0, 0.05) is 42.6 Å². The molecule has 0 atom stereocenters. The standard InChI is InChI=1S/C13H14BrN3O2/c1-16-8-6-12(18)17(13(16)19)9-7-15-11-4-2-10(14)3-5-11/h2-6,8,15H,7,9H2,1H3. The second-order valence-electron chi connectivity index (χ2n) is 4.13. The molecule has 2 rings (SSSR count). The third-order valence-corrected chi connectivity index (χ3v) is 3.28. The van der Waals surface area contributed by atoms with Gasteiger partial charge < -0.3 is 9.88 Å². The van der Waals surface area contributed by atoms with Crippen molar-refractivity contribution in [1.82, 2.24) is 9.13 Å².